The second-order valence-electron chi connectivity index (χ2n) is 6.54. The molecule has 0 saturated carbocycles. The molecule has 0 aliphatic heterocycles. The van der Waals surface area contributed by atoms with E-state index in [1.165, 1.54) is 62.8 Å². The standard InChI is InChI=1S/C21H33N2/c1-3-5-6-7-8-12-15-21-22(16-4-2)17-18-23(21)19-20-13-10-9-11-14-20/h9-11,13-14,17-18H,3-8,12,15-16,19H2,1-2H3/q+1. The molecule has 1 aromatic heterocycles. The van der Waals surface area contributed by atoms with E-state index in [4.69, 9.17) is 0 Å². The van der Waals surface area contributed by atoms with E-state index in [1.807, 2.05) is 0 Å². The Balaban J connectivity index is 1.95. The van der Waals surface area contributed by atoms with E-state index < -0.39 is 0 Å². The van der Waals surface area contributed by atoms with Crippen LogP contribution in [0.3, 0.4) is 0 Å². The lowest BCUT2D eigenvalue weighted by Crippen LogP contribution is -2.37. The normalized spacial score (nSPS) is 11.0. The maximum Gasteiger partial charge on any atom is 0.256 e. The summed E-state index contributed by atoms with van der Waals surface area (Å²) in [6, 6.07) is 10.8. The van der Waals surface area contributed by atoms with Crippen LogP contribution in [-0.4, -0.2) is 4.57 Å². The molecule has 2 heteroatoms. The molecule has 2 aromatic rings. The summed E-state index contributed by atoms with van der Waals surface area (Å²) in [5, 5.41) is 0. The Labute approximate surface area is 142 Å². The average Bonchev–Trinajstić information content (AvgIpc) is 2.94. The molecule has 0 aliphatic rings. The topological polar surface area (TPSA) is 8.81 Å². The van der Waals surface area contributed by atoms with Gasteiger partial charge in [-0.2, -0.15) is 0 Å². The number of aromatic nitrogens is 2. The minimum Gasteiger partial charge on any atom is -0.234 e. The Morgan fingerprint density at radius 1 is 0.870 bits per heavy atom. The van der Waals surface area contributed by atoms with E-state index in [0.29, 0.717) is 0 Å². The number of nitrogens with zero attached hydrogens (tertiary/aromatic N) is 2. The number of benzene rings is 1. The lowest BCUT2D eigenvalue weighted by Gasteiger charge is -2.06. The van der Waals surface area contributed by atoms with Crippen molar-refractivity contribution >= 4 is 0 Å². The van der Waals surface area contributed by atoms with Crippen molar-refractivity contribution < 1.29 is 4.57 Å². The zero-order valence-electron chi connectivity index (χ0n) is 15.0. The minimum atomic E-state index is 0.989. The molecule has 23 heavy (non-hydrogen) atoms. The quantitative estimate of drug-likeness (QED) is 0.401. The number of rotatable bonds is 11. The van der Waals surface area contributed by atoms with Crippen molar-refractivity contribution in [1.29, 1.82) is 0 Å². The van der Waals surface area contributed by atoms with Crippen molar-refractivity contribution in [3.8, 4) is 0 Å². The molecule has 0 atom stereocenters. The van der Waals surface area contributed by atoms with Gasteiger partial charge in [-0.3, -0.25) is 0 Å². The van der Waals surface area contributed by atoms with Crippen LogP contribution in [0.2, 0.25) is 0 Å². The van der Waals surface area contributed by atoms with Crippen molar-refractivity contribution in [2.45, 2.75) is 78.3 Å². The predicted octanol–water partition coefficient (Wildman–Crippen LogP) is 5.14. The molecule has 2 nitrogen and oxygen atoms in total. The van der Waals surface area contributed by atoms with Gasteiger partial charge in [-0.05, 0) is 18.4 Å². The molecule has 0 unspecified atom stereocenters. The van der Waals surface area contributed by atoms with E-state index in [1.54, 1.807) is 0 Å². The summed E-state index contributed by atoms with van der Waals surface area (Å²) in [5.41, 5.74) is 1.39. The maximum absolute atomic E-state index is 2.45. The number of hydrogen-bond donors (Lipinski definition) is 0. The van der Waals surface area contributed by atoms with Gasteiger partial charge in [0, 0.05) is 6.42 Å². The average molecular weight is 314 g/mol. The molecule has 0 radical (unpaired) electrons. The van der Waals surface area contributed by atoms with Crippen LogP contribution in [0.4, 0.5) is 0 Å². The third-order valence-electron chi connectivity index (χ3n) is 4.50. The molecule has 0 fully saturated rings. The lowest BCUT2D eigenvalue weighted by molar-refractivity contribution is -0.695. The fraction of sp³-hybridized carbons (Fsp3) is 0.571. The Bertz CT molecular complexity index is 542. The molecule has 0 aliphatic carbocycles. The third-order valence-corrected chi connectivity index (χ3v) is 4.50. The smallest absolute Gasteiger partial charge is 0.234 e. The molecule has 0 amide bonds. The Hall–Kier alpha value is -1.57. The number of unbranched alkanes of at least 4 members (excludes halogenated alkanes) is 5. The number of hydrogen-bond acceptors (Lipinski definition) is 0. The van der Waals surface area contributed by atoms with Crippen molar-refractivity contribution in [2.75, 3.05) is 0 Å². The summed E-state index contributed by atoms with van der Waals surface area (Å²) in [7, 11) is 0. The summed E-state index contributed by atoms with van der Waals surface area (Å²) >= 11 is 0. The Kier molecular flexibility index (Phi) is 7.92. The summed E-state index contributed by atoms with van der Waals surface area (Å²) in [4.78, 5) is 0. The Morgan fingerprint density at radius 2 is 1.61 bits per heavy atom. The highest BCUT2D eigenvalue weighted by Gasteiger charge is 2.16. The molecule has 0 spiro atoms. The van der Waals surface area contributed by atoms with Gasteiger partial charge in [0.2, 0.25) is 0 Å². The fourth-order valence-electron chi connectivity index (χ4n) is 3.22. The van der Waals surface area contributed by atoms with E-state index in [2.05, 4.69) is 65.7 Å². The van der Waals surface area contributed by atoms with Gasteiger partial charge in [-0.1, -0.05) is 76.3 Å². The molecule has 0 saturated heterocycles. The predicted molar refractivity (Wildman–Crippen MR) is 97.5 cm³/mol. The van der Waals surface area contributed by atoms with E-state index >= 15 is 0 Å². The van der Waals surface area contributed by atoms with Gasteiger partial charge < -0.3 is 0 Å². The number of imidazole rings is 1. The van der Waals surface area contributed by atoms with Crippen molar-refractivity contribution in [2.24, 2.45) is 0 Å². The highest BCUT2D eigenvalue weighted by Crippen LogP contribution is 2.10. The van der Waals surface area contributed by atoms with Gasteiger partial charge in [-0.15, -0.1) is 0 Å². The van der Waals surface area contributed by atoms with Crippen molar-refractivity contribution in [3.05, 3.63) is 54.1 Å². The molecule has 2 rings (SSSR count). The first-order valence-corrected chi connectivity index (χ1v) is 9.46. The van der Waals surface area contributed by atoms with Crippen LogP contribution >= 0.6 is 0 Å². The van der Waals surface area contributed by atoms with Gasteiger partial charge in [-0.25, -0.2) is 9.13 Å². The molecule has 1 heterocycles. The maximum atomic E-state index is 2.45. The van der Waals surface area contributed by atoms with Gasteiger partial charge >= 0.3 is 0 Å². The van der Waals surface area contributed by atoms with Crippen molar-refractivity contribution in [1.82, 2.24) is 4.57 Å². The largest absolute Gasteiger partial charge is 0.256 e. The first-order valence-electron chi connectivity index (χ1n) is 9.46. The van der Waals surface area contributed by atoms with Gasteiger partial charge in [0.15, 0.2) is 0 Å². The molecule has 0 N–H and O–H groups in total. The molecular weight excluding hydrogens is 280 g/mol. The summed E-state index contributed by atoms with van der Waals surface area (Å²) in [5.74, 6) is 1.49. The summed E-state index contributed by atoms with van der Waals surface area (Å²) in [6.07, 6.45) is 15.1. The molecule has 1 aromatic carbocycles. The van der Waals surface area contributed by atoms with Crippen LogP contribution < -0.4 is 4.57 Å². The molecular formula is C21H33N2+. The minimum absolute atomic E-state index is 0.989. The van der Waals surface area contributed by atoms with Crippen LogP contribution in [0, 0.1) is 0 Å². The van der Waals surface area contributed by atoms with Crippen LogP contribution in [-0.2, 0) is 19.5 Å². The highest BCUT2D eigenvalue weighted by molar-refractivity contribution is 5.13. The zero-order valence-corrected chi connectivity index (χ0v) is 15.0. The second-order valence-corrected chi connectivity index (χ2v) is 6.54. The summed E-state index contributed by atoms with van der Waals surface area (Å²) in [6.45, 7) is 6.66. The molecule has 0 bridgehead atoms. The SMILES string of the molecule is CCCCCCCCc1n(CCC)cc[n+]1Cc1ccccc1. The van der Waals surface area contributed by atoms with E-state index in [9.17, 15) is 0 Å². The lowest BCUT2D eigenvalue weighted by atomic mass is 10.1. The van der Waals surface area contributed by atoms with Gasteiger partial charge in [0.05, 0.1) is 6.54 Å². The van der Waals surface area contributed by atoms with Crippen LogP contribution in [0.5, 0.6) is 0 Å². The number of aryl methyl sites for hydroxylation is 1. The second kappa shape index (κ2) is 10.3. The van der Waals surface area contributed by atoms with E-state index in [-0.39, 0.29) is 0 Å². The van der Waals surface area contributed by atoms with Crippen LogP contribution in [0.1, 0.15) is 70.2 Å². The fourth-order valence-corrected chi connectivity index (χ4v) is 3.22. The summed E-state index contributed by atoms with van der Waals surface area (Å²) < 4.78 is 4.89. The molecule has 126 valence electrons. The zero-order chi connectivity index (χ0) is 16.3. The third kappa shape index (κ3) is 5.85. The first-order chi connectivity index (χ1) is 11.3. The van der Waals surface area contributed by atoms with Crippen LogP contribution in [0.15, 0.2) is 42.7 Å². The van der Waals surface area contributed by atoms with Gasteiger partial charge in [0.1, 0.15) is 18.9 Å². The van der Waals surface area contributed by atoms with E-state index in [0.717, 1.165) is 13.1 Å². The highest BCUT2D eigenvalue weighted by atomic mass is 15.1. The van der Waals surface area contributed by atoms with Crippen LogP contribution in [0.25, 0.3) is 0 Å². The first kappa shape index (κ1) is 17.8. The monoisotopic (exact) mass is 313 g/mol. The Morgan fingerprint density at radius 3 is 2.35 bits per heavy atom. The van der Waals surface area contributed by atoms with Crippen molar-refractivity contribution in [3.63, 3.8) is 0 Å². The van der Waals surface area contributed by atoms with Gasteiger partial charge in [0.25, 0.3) is 5.82 Å².